The van der Waals surface area contributed by atoms with Gasteiger partial charge in [0, 0.05) is 23.8 Å². The number of halogens is 3. The van der Waals surface area contributed by atoms with Gasteiger partial charge in [0.05, 0.1) is 16.6 Å². The zero-order valence-electron chi connectivity index (χ0n) is 14.4. The number of benzene rings is 2. The van der Waals surface area contributed by atoms with Gasteiger partial charge in [-0.05, 0) is 23.8 Å². The maximum absolute atomic E-state index is 13.4. The summed E-state index contributed by atoms with van der Waals surface area (Å²) in [6.07, 6.45) is -0.409. The maximum atomic E-state index is 13.4. The van der Waals surface area contributed by atoms with E-state index >= 15 is 0 Å². The topological polar surface area (TPSA) is 67.3 Å². The summed E-state index contributed by atoms with van der Waals surface area (Å²) in [5.41, 5.74) is 1.28. The number of hydrogen-bond acceptors (Lipinski definition) is 4. The third kappa shape index (κ3) is 4.61. The molecule has 2 aromatic carbocycles. The van der Waals surface area contributed by atoms with Crippen LogP contribution < -0.4 is 0 Å². The molecule has 1 atom stereocenters. The molecule has 1 heterocycles. The Morgan fingerprint density at radius 1 is 1.14 bits per heavy atom. The first-order valence-corrected chi connectivity index (χ1v) is 9.49. The summed E-state index contributed by atoms with van der Waals surface area (Å²) in [7, 11) is 0. The summed E-state index contributed by atoms with van der Waals surface area (Å²) in [6.45, 7) is 0. The van der Waals surface area contributed by atoms with Crippen molar-refractivity contribution in [3.05, 3.63) is 75.8 Å². The van der Waals surface area contributed by atoms with Crippen LogP contribution in [0.2, 0.25) is 5.02 Å². The Morgan fingerprint density at radius 2 is 1.89 bits per heavy atom. The predicted octanol–water partition coefficient (Wildman–Crippen LogP) is 5.11. The molecule has 0 aliphatic rings. The van der Waals surface area contributed by atoms with Crippen LogP contribution in [0, 0.1) is 11.6 Å². The lowest BCUT2D eigenvalue weighted by Crippen LogP contribution is -2.18. The van der Waals surface area contributed by atoms with Gasteiger partial charge >= 0.3 is 5.97 Å². The highest BCUT2D eigenvalue weighted by Gasteiger charge is 2.25. The first-order chi connectivity index (χ1) is 13.3. The van der Waals surface area contributed by atoms with Gasteiger partial charge in [0.25, 0.3) is 0 Å². The molecule has 144 valence electrons. The minimum atomic E-state index is -1.28. The molecular weight excluding hydrogens is 408 g/mol. The van der Waals surface area contributed by atoms with E-state index in [1.54, 1.807) is 17.5 Å². The number of thiazole rings is 1. The van der Waals surface area contributed by atoms with Gasteiger partial charge in [-0.3, -0.25) is 9.59 Å². The number of rotatable bonds is 7. The van der Waals surface area contributed by atoms with E-state index < -0.39 is 23.5 Å². The minimum Gasteiger partial charge on any atom is -0.481 e. The summed E-state index contributed by atoms with van der Waals surface area (Å²) in [5.74, 6) is -5.14. The molecule has 1 unspecified atom stereocenters. The van der Waals surface area contributed by atoms with Gasteiger partial charge in [-0.2, -0.15) is 0 Å². The number of carboxylic acids is 1. The molecule has 0 saturated carbocycles. The molecule has 28 heavy (non-hydrogen) atoms. The summed E-state index contributed by atoms with van der Waals surface area (Å²) >= 11 is 7.47. The quantitative estimate of drug-likeness (QED) is 0.575. The van der Waals surface area contributed by atoms with Crippen LogP contribution in [0.15, 0.2) is 47.8 Å². The summed E-state index contributed by atoms with van der Waals surface area (Å²) in [4.78, 5) is 28.3. The minimum absolute atomic E-state index is 0.0368. The molecule has 0 amide bonds. The van der Waals surface area contributed by atoms with Crippen LogP contribution in [-0.4, -0.2) is 21.8 Å². The van der Waals surface area contributed by atoms with Gasteiger partial charge in [-0.15, -0.1) is 11.3 Å². The smallest absolute Gasteiger partial charge is 0.311 e. The van der Waals surface area contributed by atoms with Crippen molar-refractivity contribution in [1.82, 2.24) is 4.98 Å². The number of ketones is 1. The van der Waals surface area contributed by atoms with Gasteiger partial charge in [-0.1, -0.05) is 35.9 Å². The van der Waals surface area contributed by atoms with Gasteiger partial charge in [0.1, 0.15) is 10.8 Å². The Balaban J connectivity index is 1.73. The average molecular weight is 422 g/mol. The number of aliphatic carboxylic acids is 1. The zero-order valence-corrected chi connectivity index (χ0v) is 15.9. The number of Topliss-reactive ketones (excluding diaryl/α,β-unsaturated/α-hetero) is 1. The second-order valence-corrected chi connectivity index (χ2v) is 7.37. The Morgan fingerprint density at radius 3 is 2.57 bits per heavy atom. The molecule has 3 rings (SSSR count). The van der Waals surface area contributed by atoms with Crippen molar-refractivity contribution in [2.75, 3.05) is 0 Å². The van der Waals surface area contributed by atoms with Crippen LogP contribution in [0.25, 0.3) is 10.6 Å². The van der Waals surface area contributed by atoms with Crippen LogP contribution in [-0.2, 0) is 16.0 Å². The highest BCUT2D eigenvalue weighted by atomic mass is 35.5. The van der Waals surface area contributed by atoms with Gasteiger partial charge in [0.2, 0.25) is 0 Å². The molecule has 1 aromatic heterocycles. The Labute approximate surface area is 168 Å². The van der Waals surface area contributed by atoms with E-state index in [1.807, 2.05) is 12.1 Å². The van der Waals surface area contributed by atoms with Crippen molar-refractivity contribution in [1.29, 1.82) is 0 Å². The molecule has 3 aromatic rings. The fourth-order valence-electron chi connectivity index (χ4n) is 2.73. The van der Waals surface area contributed by atoms with Crippen molar-refractivity contribution in [2.24, 2.45) is 0 Å². The highest BCUT2D eigenvalue weighted by Crippen LogP contribution is 2.30. The first kappa shape index (κ1) is 20.1. The number of hydrogen-bond donors (Lipinski definition) is 1. The van der Waals surface area contributed by atoms with Crippen molar-refractivity contribution in [3.63, 3.8) is 0 Å². The molecule has 0 bridgehead atoms. The number of carboxylic acid groups (broad SMARTS) is 1. The summed E-state index contributed by atoms with van der Waals surface area (Å²) in [5, 5.41) is 12.3. The van der Waals surface area contributed by atoms with E-state index in [0.29, 0.717) is 15.7 Å². The standard InChI is InChI=1S/C20H14ClF2NO3S/c21-16-4-2-1-3-14(16)19-24-12(10-28-19)8-13(25)9-15(20(26)27)11-5-6-17(22)18(23)7-11/h1-7,10,15H,8-9H2,(H,26,27). The normalized spacial score (nSPS) is 12.0. The number of carbonyl (C=O) groups excluding carboxylic acids is 1. The van der Waals surface area contributed by atoms with Crippen LogP contribution >= 0.6 is 22.9 Å². The molecule has 0 aliphatic carbocycles. The molecule has 0 fully saturated rings. The zero-order chi connectivity index (χ0) is 20.3. The third-order valence-corrected chi connectivity index (χ3v) is 5.36. The van der Waals surface area contributed by atoms with Crippen LogP contribution in [0.4, 0.5) is 8.78 Å². The molecule has 1 N–H and O–H groups in total. The van der Waals surface area contributed by atoms with Crippen molar-refractivity contribution in [2.45, 2.75) is 18.8 Å². The Kier molecular flexibility index (Phi) is 6.16. The average Bonchev–Trinajstić information content (AvgIpc) is 3.10. The Bertz CT molecular complexity index is 1040. The first-order valence-electron chi connectivity index (χ1n) is 8.24. The molecule has 8 heteroatoms. The SMILES string of the molecule is O=C(Cc1csc(-c2ccccc2Cl)n1)CC(C(=O)O)c1ccc(F)c(F)c1. The third-order valence-electron chi connectivity index (χ3n) is 4.11. The second kappa shape index (κ2) is 8.58. The van der Waals surface area contributed by atoms with Crippen LogP contribution in [0.1, 0.15) is 23.6 Å². The highest BCUT2D eigenvalue weighted by molar-refractivity contribution is 7.13. The van der Waals surface area contributed by atoms with E-state index in [0.717, 1.165) is 17.7 Å². The summed E-state index contributed by atoms with van der Waals surface area (Å²) < 4.78 is 26.5. The van der Waals surface area contributed by atoms with Crippen molar-refractivity contribution < 1.29 is 23.5 Å². The van der Waals surface area contributed by atoms with Crippen LogP contribution in [0.3, 0.4) is 0 Å². The second-order valence-electron chi connectivity index (χ2n) is 6.11. The molecule has 0 radical (unpaired) electrons. The van der Waals surface area contributed by atoms with Crippen molar-refractivity contribution in [3.8, 4) is 10.6 Å². The molecule has 0 aliphatic heterocycles. The van der Waals surface area contributed by atoms with Gasteiger partial charge in [-0.25, -0.2) is 13.8 Å². The van der Waals surface area contributed by atoms with E-state index in [-0.39, 0.29) is 24.2 Å². The fraction of sp³-hybridized carbons (Fsp3) is 0.150. The van der Waals surface area contributed by atoms with E-state index in [1.165, 1.54) is 17.4 Å². The number of carbonyl (C=O) groups is 2. The molecule has 0 saturated heterocycles. The number of nitrogens with zero attached hydrogens (tertiary/aromatic N) is 1. The van der Waals surface area contributed by atoms with E-state index in [4.69, 9.17) is 11.6 Å². The maximum Gasteiger partial charge on any atom is 0.311 e. The van der Waals surface area contributed by atoms with Gasteiger partial charge in [0.15, 0.2) is 11.6 Å². The van der Waals surface area contributed by atoms with Crippen LogP contribution in [0.5, 0.6) is 0 Å². The van der Waals surface area contributed by atoms with E-state index in [9.17, 15) is 23.5 Å². The van der Waals surface area contributed by atoms with Crippen molar-refractivity contribution >= 4 is 34.7 Å². The summed E-state index contributed by atoms with van der Waals surface area (Å²) in [6, 6.07) is 10.0. The van der Waals surface area contributed by atoms with E-state index in [2.05, 4.69) is 4.98 Å². The monoisotopic (exact) mass is 421 g/mol. The largest absolute Gasteiger partial charge is 0.481 e. The predicted molar refractivity (Wildman–Crippen MR) is 103 cm³/mol. The lowest BCUT2D eigenvalue weighted by Gasteiger charge is -2.12. The lowest BCUT2D eigenvalue weighted by molar-refractivity contribution is -0.140. The molecular formula is C20H14ClF2NO3S. The van der Waals surface area contributed by atoms with Gasteiger partial charge < -0.3 is 5.11 Å². The lowest BCUT2D eigenvalue weighted by atomic mass is 9.92. The fourth-order valence-corrected chi connectivity index (χ4v) is 3.87. The molecule has 0 spiro atoms. The Hall–Kier alpha value is -2.64. The molecule has 4 nitrogen and oxygen atoms in total. The number of aromatic nitrogens is 1.